The normalized spacial score (nSPS) is 11.4. The van der Waals surface area contributed by atoms with Crippen molar-refractivity contribution in [2.24, 2.45) is 15.2 Å². The lowest BCUT2D eigenvalue weighted by Gasteiger charge is -2.11. The monoisotopic (exact) mass is 918 g/mol. The SMILES string of the molecule is CCCCCCCCCCCCOc1ccc(C=Nc2ccc(N=Nc3ccc(OC(=O)c4ccc(OCCCCCCCC)cc4)cc3OCCCCCCCCCCCC)cc2)c(O)c1. The van der Waals surface area contributed by atoms with Crippen LogP contribution in [0.4, 0.5) is 17.1 Å². The summed E-state index contributed by atoms with van der Waals surface area (Å²) in [6, 6.07) is 25.0. The first-order valence-electron chi connectivity index (χ1n) is 26.2. The summed E-state index contributed by atoms with van der Waals surface area (Å²) in [4.78, 5) is 17.8. The largest absolute Gasteiger partial charge is 0.507 e. The molecule has 0 aliphatic carbocycles. The fraction of sp³-hybridized carbons (Fsp3) is 0.552. The Morgan fingerprint density at radius 1 is 0.463 bits per heavy atom. The quantitative estimate of drug-likeness (QED) is 0.0158. The van der Waals surface area contributed by atoms with E-state index in [-0.39, 0.29) is 5.75 Å². The Bertz CT molecular complexity index is 1960. The van der Waals surface area contributed by atoms with Crippen LogP contribution in [0, 0.1) is 0 Å². The van der Waals surface area contributed by atoms with E-state index in [1.165, 1.54) is 141 Å². The fourth-order valence-electron chi connectivity index (χ4n) is 7.82. The van der Waals surface area contributed by atoms with E-state index in [9.17, 15) is 9.90 Å². The predicted octanol–water partition coefficient (Wildman–Crippen LogP) is 18.1. The number of benzene rings is 4. The van der Waals surface area contributed by atoms with Crippen LogP contribution in [0.3, 0.4) is 0 Å². The van der Waals surface area contributed by atoms with Crippen molar-refractivity contribution in [3.8, 4) is 28.7 Å². The fourth-order valence-corrected chi connectivity index (χ4v) is 7.82. The topological polar surface area (TPSA) is 111 Å². The summed E-state index contributed by atoms with van der Waals surface area (Å²) in [5.74, 6) is 1.93. The number of carbonyl (C=O) groups is 1. The highest BCUT2D eigenvalue weighted by molar-refractivity contribution is 5.91. The van der Waals surface area contributed by atoms with Crippen molar-refractivity contribution >= 4 is 29.2 Å². The van der Waals surface area contributed by atoms with Crippen molar-refractivity contribution in [2.75, 3.05) is 19.8 Å². The van der Waals surface area contributed by atoms with Crippen molar-refractivity contribution < 1.29 is 28.8 Å². The van der Waals surface area contributed by atoms with Gasteiger partial charge in [-0.2, -0.15) is 5.11 Å². The molecule has 366 valence electrons. The molecule has 0 aromatic heterocycles. The van der Waals surface area contributed by atoms with Crippen molar-refractivity contribution in [3.05, 3.63) is 96.1 Å². The molecule has 0 spiro atoms. The second kappa shape index (κ2) is 35.0. The molecule has 0 radical (unpaired) electrons. The predicted molar refractivity (Wildman–Crippen MR) is 277 cm³/mol. The summed E-state index contributed by atoms with van der Waals surface area (Å²) in [7, 11) is 0. The van der Waals surface area contributed by atoms with Crippen LogP contribution >= 0.6 is 0 Å². The van der Waals surface area contributed by atoms with E-state index in [1.807, 2.05) is 48.5 Å². The zero-order valence-electron chi connectivity index (χ0n) is 41.5. The smallest absolute Gasteiger partial charge is 0.343 e. The first kappa shape index (κ1) is 54.4. The summed E-state index contributed by atoms with van der Waals surface area (Å²) >= 11 is 0. The van der Waals surface area contributed by atoms with Crippen LogP contribution in [0.2, 0.25) is 0 Å². The molecular weight excluding hydrogens is 835 g/mol. The summed E-state index contributed by atoms with van der Waals surface area (Å²) < 4.78 is 23.9. The lowest BCUT2D eigenvalue weighted by molar-refractivity contribution is 0.0734. The molecule has 0 bridgehead atoms. The van der Waals surface area contributed by atoms with E-state index in [2.05, 4.69) is 36.0 Å². The Balaban J connectivity index is 1.28. The van der Waals surface area contributed by atoms with Crippen molar-refractivity contribution in [1.82, 2.24) is 0 Å². The van der Waals surface area contributed by atoms with Gasteiger partial charge in [0.25, 0.3) is 0 Å². The number of rotatable bonds is 38. The Kier molecular flexibility index (Phi) is 28.5. The molecule has 0 saturated heterocycles. The van der Waals surface area contributed by atoms with Gasteiger partial charge in [-0.05, 0) is 92.1 Å². The number of esters is 1. The van der Waals surface area contributed by atoms with Gasteiger partial charge in [0.2, 0.25) is 0 Å². The molecule has 0 aliphatic heterocycles. The van der Waals surface area contributed by atoms with Gasteiger partial charge in [0.15, 0.2) is 5.75 Å². The zero-order chi connectivity index (χ0) is 47.4. The minimum Gasteiger partial charge on any atom is -0.507 e. The molecule has 4 aromatic rings. The number of aliphatic imine (C=N–C) groups is 1. The third-order valence-electron chi connectivity index (χ3n) is 12.0. The Morgan fingerprint density at radius 2 is 0.910 bits per heavy atom. The van der Waals surface area contributed by atoms with Crippen LogP contribution in [-0.4, -0.2) is 37.1 Å². The standard InChI is InChI=1S/C58H83N3O6/c1-4-7-10-13-16-18-20-22-25-28-43-65-53-39-32-49(56(62)45-53)47-59-50-33-35-51(36-34-50)60-61-55-41-40-54(46-57(55)66-44-29-26-23-21-19-17-14-11-8-5-2)67-58(63)48-30-37-52(38-31-48)64-42-27-24-15-12-9-6-3/h30-41,45-47,62H,4-29,42-44H2,1-3H3. The van der Waals surface area contributed by atoms with E-state index >= 15 is 0 Å². The first-order chi connectivity index (χ1) is 33.0. The van der Waals surface area contributed by atoms with Gasteiger partial charge in [-0.1, -0.05) is 168 Å². The molecule has 4 aromatic carbocycles. The molecule has 0 atom stereocenters. The molecule has 0 aliphatic rings. The van der Waals surface area contributed by atoms with Crippen LogP contribution in [0.25, 0.3) is 0 Å². The molecule has 67 heavy (non-hydrogen) atoms. The molecule has 9 heteroatoms. The maximum Gasteiger partial charge on any atom is 0.343 e. The summed E-state index contributed by atoms with van der Waals surface area (Å²) in [5.41, 5.74) is 2.93. The van der Waals surface area contributed by atoms with E-state index < -0.39 is 5.97 Å². The number of phenols is 1. The van der Waals surface area contributed by atoms with E-state index in [0.29, 0.717) is 65.3 Å². The molecular formula is C58H83N3O6. The third kappa shape index (κ3) is 23.9. The van der Waals surface area contributed by atoms with Gasteiger partial charge >= 0.3 is 5.97 Å². The van der Waals surface area contributed by atoms with Gasteiger partial charge in [-0.15, -0.1) is 5.11 Å². The van der Waals surface area contributed by atoms with Crippen molar-refractivity contribution in [2.45, 2.75) is 188 Å². The lowest BCUT2D eigenvalue weighted by atomic mass is 10.1. The van der Waals surface area contributed by atoms with Gasteiger partial charge < -0.3 is 24.1 Å². The van der Waals surface area contributed by atoms with Crippen molar-refractivity contribution in [1.29, 1.82) is 0 Å². The Labute approximate surface area is 404 Å². The number of azo groups is 1. The van der Waals surface area contributed by atoms with Crippen LogP contribution < -0.4 is 18.9 Å². The average molecular weight is 918 g/mol. The molecule has 4 rings (SSSR count). The minimum atomic E-state index is -0.462. The summed E-state index contributed by atoms with van der Waals surface area (Å²) in [6.07, 6.45) is 34.0. The minimum absolute atomic E-state index is 0.125. The second-order valence-corrected chi connectivity index (χ2v) is 17.9. The molecule has 0 heterocycles. The third-order valence-corrected chi connectivity index (χ3v) is 12.0. The molecule has 9 nitrogen and oxygen atoms in total. The average Bonchev–Trinajstić information content (AvgIpc) is 3.34. The number of carbonyl (C=O) groups excluding carboxylic acids is 1. The number of ether oxygens (including phenoxy) is 4. The van der Waals surface area contributed by atoms with Gasteiger partial charge in [0.1, 0.15) is 28.7 Å². The van der Waals surface area contributed by atoms with Gasteiger partial charge in [0.05, 0.1) is 36.8 Å². The molecule has 0 saturated carbocycles. The van der Waals surface area contributed by atoms with Crippen LogP contribution in [-0.2, 0) is 0 Å². The van der Waals surface area contributed by atoms with Gasteiger partial charge in [-0.3, -0.25) is 4.99 Å². The van der Waals surface area contributed by atoms with Gasteiger partial charge in [-0.25, -0.2) is 4.79 Å². The zero-order valence-corrected chi connectivity index (χ0v) is 41.5. The maximum atomic E-state index is 13.2. The van der Waals surface area contributed by atoms with E-state index in [4.69, 9.17) is 18.9 Å². The molecule has 1 N–H and O–H groups in total. The van der Waals surface area contributed by atoms with E-state index in [1.54, 1.807) is 42.6 Å². The Hall–Kier alpha value is -5.18. The molecule has 0 fully saturated rings. The highest BCUT2D eigenvalue weighted by Crippen LogP contribution is 2.34. The Morgan fingerprint density at radius 3 is 1.43 bits per heavy atom. The van der Waals surface area contributed by atoms with Gasteiger partial charge in [0, 0.05) is 23.9 Å². The number of aromatic hydroxyl groups is 1. The maximum absolute atomic E-state index is 13.2. The summed E-state index contributed by atoms with van der Waals surface area (Å²) in [6.45, 7) is 8.57. The first-order valence-corrected chi connectivity index (χ1v) is 26.2. The highest BCUT2D eigenvalue weighted by Gasteiger charge is 2.13. The van der Waals surface area contributed by atoms with Crippen LogP contribution in [0.5, 0.6) is 28.7 Å². The highest BCUT2D eigenvalue weighted by atomic mass is 16.5. The van der Waals surface area contributed by atoms with Crippen LogP contribution in [0.15, 0.2) is 100 Å². The number of unbranched alkanes of at least 4 members (excludes halogenated alkanes) is 23. The lowest BCUT2D eigenvalue weighted by Crippen LogP contribution is -2.08. The second-order valence-electron chi connectivity index (χ2n) is 17.9. The number of phenolic OH excluding ortho intramolecular Hbond substituents is 1. The van der Waals surface area contributed by atoms with Crippen LogP contribution in [0.1, 0.15) is 204 Å². The number of hydrogen-bond acceptors (Lipinski definition) is 9. The molecule has 0 unspecified atom stereocenters. The van der Waals surface area contributed by atoms with Crippen molar-refractivity contribution in [3.63, 3.8) is 0 Å². The number of hydrogen-bond donors (Lipinski definition) is 1. The van der Waals surface area contributed by atoms with E-state index in [0.717, 1.165) is 31.4 Å². The molecule has 0 amide bonds. The number of nitrogens with zero attached hydrogens (tertiary/aromatic N) is 3. The summed E-state index contributed by atoms with van der Waals surface area (Å²) in [5, 5.41) is 19.7.